The van der Waals surface area contributed by atoms with Crippen molar-refractivity contribution in [2.75, 3.05) is 13.9 Å². The number of hydrogen-bond donors (Lipinski definition) is 1. The predicted molar refractivity (Wildman–Crippen MR) is 66.3 cm³/mol. The number of carboxylic acids is 1. The topological polar surface area (TPSA) is 65.0 Å². The molecule has 0 saturated heterocycles. The van der Waals surface area contributed by atoms with Gasteiger partial charge in [0, 0.05) is 6.92 Å². The van der Waals surface area contributed by atoms with Crippen molar-refractivity contribution in [3.05, 3.63) is 30.4 Å². The summed E-state index contributed by atoms with van der Waals surface area (Å²) in [7, 11) is 1.62. The fourth-order valence-electron chi connectivity index (χ4n) is 1.47. The highest BCUT2D eigenvalue weighted by atomic mass is 16.7. The molecule has 1 aromatic rings. The van der Waals surface area contributed by atoms with Crippen LogP contribution < -0.4 is 14.2 Å². The second-order valence-corrected chi connectivity index (χ2v) is 3.54. The van der Waals surface area contributed by atoms with E-state index < -0.39 is 5.97 Å². The van der Waals surface area contributed by atoms with Gasteiger partial charge in [-0.05, 0) is 24.1 Å². The maximum absolute atomic E-state index is 9.00. The van der Waals surface area contributed by atoms with E-state index in [0.29, 0.717) is 5.75 Å². The molecular weight excluding hydrogens is 236 g/mol. The van der Waals surface area contributed by atoms with E-state index in [0.717, 1.165) is 30.4 Å². The molecule has 0 unspecified atom stereocenters. The van der Waals surface area contributed by atoms with Crippen LogP contribution in [-0.2, 0) is 11.2 Å². The van der Waals surface area contributed by atoms with Crippen LogP contribution >= 0.6 is 0 Å². The Bertz CT molecular complexity index is 435. The van der Waals surface area contributed by atoms with Crippen LogP contribution in [0.4, 0.5) is 0 Å². The first-order chi connectivity index (χ1) is 8.58. The first-order valence-electron chi connectivity index (χ1n) is 5.35. The Hall–Kier alpha value is -2.17. The summed E-state index contributed by atoms with van der Waals surface area (Å²) >= 11 is 0. The summed E-state index contributed by atoms with van der Waals surface area (Å²) in [5.41, 5.74) is 1.11. The van der Waals surface area contributed by atoms with Crippen molar-refractivity contribution in [1.82, 2.24) is 0 Å². The van der Waals surface area contributed by atoms with Gasteiger partial charge in [0.05, 0.1) is 7.11 Å². The van der Waals surface area contributed by atoms with E-state index >= 15 is 0 Å². The van der Waals surface area contributed by atoms with E-state index in [-0.39, 0.29) is 6.79 Å². The van der Waals surface area contributed by atoms with Crippen molar-refractivity contribution in [2.24, 2.45) is 0 Å². The van der Waals surface area contributed by atoms with E-state index in [1.165, 1.54) is 0 Å². The lowest BCUT2D eigenvalue weighted by Gasteiger charge is -2.06. The molecule has 98 valence electrons. The van der Waals surface area contributed by atoms with Gasteiger partial charge < -0.3 is 19.3 Å². The molecule has 0 spiro atoms. The highest BCUT2D eigenvalue weighted by Gasteiger charge is 2.19. The fraction of sp³-hybridized carbons (Fsp3) is 0.308. The lowest BCUT2D eigenvalue weighted by Crippen LogP contribution is -1.93. The summed E-state index contributed by atoms with van der Waals surface area (Å²) < 4.78 is 15.8. The van der Waals surface area contributed by atoms with Gasteiger partial charge in [-0.25, -0.2) is 0 Å². The number of benzene rings is 1. The summed E-state index contributed by atoms with van der Waals surface area (Å²) in [6.07, 6.45) is 2.64. The van der Waals surface area contributed by atoms with Crippen molar-refractivity contribution in [1.29, 1.82) is 0 Å². The predicted octanol–water partition coefficient (Wildman–Crippen LogP) is 2.24. The standard InChI is InChI=1S/C11H12O3.C2H4O2/c1-3-4-8-5-9(12-2)11-10(6-8)13-7-14-11;1-2(3)4/h3,5-6H,1,4,7H2,2H3;1H3,(H,3,4). The molecule has 5 nitrogen and oxygen atoms in total. The third kappa shape index (κ3) is 3.69. The SMILES string of the molecule is C=CCc1cc(OC)c2c(c1)OCO2.CC(=O)O. The zero-order valence-corrected chi connectivity index (χ0v) is 10.4. The second kappa shape index (κ2) is 6.54. The van der Waals surface area contributed by atoms with E-state index in [2.05, 4.69) is 6.58 Å². The van der Waals surface area contributed by atoms with Gasteiger partial charge in [0.15, 0.2) is 11.5 Å². The summed E-state index contributed by atoms with van der Waals surface area (Å²) in [4.78, 5) is 9.00. The van der Waals surface area contributed by atoms with Crippen LogP contribution in [0.25, 0.3) is 0 Å². The first kappa shape index (κ1) is 13.9. The van der Waals surface area contributed by atoms with Crippen LogP contribution in [0.2, 0.25) is 0 Å². The molecule has 0 saturated carbocycles. The average Bonchev–Trinajstić information content (AvgIpc) is 2.75. The van der Waals surface area contributed by atoms with Gasteiger partial charge >= 0.3 is 0 Å². The maximum atomic E-state index is 9.00. The molecule has 0 aromatic heterocycles. The van der Waals surface area contributed by atoms with Gasteiger partial charge in [0.2, 0.25) is 12.5 Å². The molecular formula is C13H16O5. The number of ether oxygens (including phenoxy) is 3. The monoisotopic (exact) mass is 252 g/mol. The quantitative estimate of drug-likeness (QED) is 0.836. The van der Waals surface area contributed by atoms with Gasteiger partial charge in [-0.2, -0.15) is 0 Å². The summed E-state index contributed by atoms with van der Waals surface area (Å²) in [6, 6.07) is 3.89. The van der Waals surface area contributed by atoms with Crippen molar-refractivity contribution in [3.63, 3.8) is 0 Å². The summed E-state index contributed by atoms with van der Waals surface area (Å²) in [5.74, 6) is 1.33. The number of allylic oxidation sites excluding steroid dienone is 1. The molecule has 1 aliphatic heterocycles. The Labute approximate surface area is 106 Å². The fourth-order valence-corrected chi connectivity index (χ4v) is 1.47. The number of hydrogen-bond acceptors (Lipinski definition) is 4. The van der Waals surface area contributed by atoms with Crippen molar-refractivity contribution in [2.45, 2.75) is 13.3 Å². The molecule has 5 heteroatoms. The van der Waals surface area contributed by atoms with Crippen LogP contribution in [0.3, 0.4) is 0 Å². The lowest BCUT2D eigenvalue weighted by atomic mass is 10.1. The number of methoxy groups -OCH3 is 1. The normalized spacial score (nSPS) is 11.2. The molecule has 1 heterocycles. The van der Waals surface area contributed by atoms with Crippen LogP contribution in [-0.4, -0.2) is 25.0 Å². The van der Waals surface area contributed by atoms with Gasteiger partial charge in [-0.3, -0.25) is 4.79 Å². The van der Waals surface area contributed by atoms with Gasteiger partial charge in [-0.1, -0.05) is 6.08 Å². The summed E-state index contributed by atoms with van der Waals surface area (Å²) in [6.45, 7) is 5.04. The zero-order chi connectivity index (χ0) is 13.5. The molecule has 0 radical (unpaired) electrons. The summed E-state index contributed by atoms with van der Waals surface area (Å²) in [5, 5.41) is 7.42. The van der Waals surface area contributed by atoms with Crippen LogP contribution in [0.1, 0.15) is 12.5 Å². The molecule has 0 atom stereocenters. The highest BCUT2D eigenvalue weighted by molar-refractivity contribution is 5.63. The van der Waals surface area contributed by atoms with Gasteiger partial charge in [0.25, 0.3) is 5.97 Å². The minimum atomic E-state index is -0.833. The molecule has 18 heavy (non-hydrogen) atoms. The van der Waals surface area contributed by atoms with Crippen LogP contribution in [0.5, 0.6) is 17.2 Å². The number of fused-ring (bicyclic) bond motifs is 1. The Kier molecular flexibility index (Phi) is 5.05. The molecule has 0 amide bonds. The van der Waals surface area contributed by atoms with Crippen molar-refractivity contribution >= 4 is 5.97 Å². The van der Waals surface area contributed by atoms with E-state index in [1.807, 2.05) is 18.2 Å². The first-order valence-corrected chi connectivity index (χ1v) is 5.35. The minimum absolute atomic E-state index is 0.267. The Morgan fingerprint density at radius 2 is 2.22 bits per heavy atom. The van der Waals surface area contributed by atoms with Crippen molar-refractivity contribution < 1.29 is 24.1 Å². The van der Waals surface area contributed by atoms with E-state index in [9.17, 15) is 0 Å². The number of aliphatic carboxylic acids is 1. The molecule has 1 N–H and O–H groups in total. The second-order valence-electron chi connectivity index (χ2n) is 3.54. The van der Waals surface area contributed by atoms with Crippen LogP contribution in [0, 0.1) is 0 Å². The largest absolute Gasteiger partial charge is 0.493 e. The van der Waals surface area contributed by atoms with Gasteiger partial charge in [0.1, 0.15) is 0 Å². The number of carbonyl (C=O) groups is 1. The maximum Gasteiger partial charge on any atom is 0.300 e. The molecule has 2 rings (SSSR count). The lowest BCUT2D eigenvalue weighted by molar-refractivity contribution is -0.134. The molecule has 1 aromatic carbocycles. The molecule has 1 aliphatic rings. The Balaban J connectivity index is 0.000000357. The van der Waals surface area contributed by atoms with E-state index in [4.69, 9.17) is 24.1 Å². The average molecular weight is 252 g/mol. The molecule has 0 fully saturated rings. The molecule has 0 bridgehead atoms. The zero-order valence-electron chi connectivity index (χ0n) is 10.4. The Morgan fingerprint density at radius 1 is 1.56 bits per heavy atom. The third-order valence-electron chi connectivity index (χ3n) is 2.10. The van der Waals surface area contributed by atoms with E-state index in [1.54, 1.807) is 7.11 Å². The molecule has 0 aliphatic carbocycles. The third-order valence-corrected chi connectivity index (χ3v) is 2.10. The van der Waals surface area contributed by atoms with Crippen molar-refractivity contribution in [3.8, 4) is 17.2 Å². The highest BCUT2D eigenvalue weighted by Crippen LogP contribution is 2.41. The van der Waals surface area contributed by atoms with Crippen LogP contribution in [0.15, 0.2) is 24.8 Å². The number of carboxylic acid groups (broad SMARTS) is 1. The number of rotatable bonds is 3. The minimum Gasteiger partial charge on any atom is -0.493 e. The Morgan fingerprint density at radius 3 is 2.78 bits per heavy atom. The van der Waals surface area contributed by atoms with Gasteiger partial charge in [-0.15, -0.1) is 6.58 Å². The smallest absolute Gasteiger partial charge is 0.300 e.